The number of hydrogen-bond acceptors (Lipinski definition) is 4. The van der Waals surface area contributed by atoms with Gasteiger partial charge in [-0.25, -0.2) is 0 Å². The number of methoxy groups -OCH3 is 2. The van der Waals surface area contributed by atoms with Gasteiger partial charge in [0.05, 0.1) is 20.4 Å². The predicted octanol–water partition coefficient (Wildman–Crippen LogP) is 1.07. The van der Waals surface area contributed by atoms with Crippen LogP contribution in [0.5, 0.6) is 11.5 Å². The number of benzene rings is 1. The van der Waals surface area contributed by atoms with E-state index in [-0.39, 0.29) is 5.96 Å². The van der Waals surface area contributed by atoms with Crippen molar-refractivity contribution in [2.45, 2.75) is 0 Å². The van der Waals surface area contributed by atoms with Gasteiger partial charge >= 0.3 is 0 Å². The average molecular weight is 301 g/mol. The fourth-order valence-electron chi connectivity index (χ4n) is 1.13. The molecule has 17 heavy (non-hydrogen) atoms. The molecule has 7 heteroatoms. The molecule has 0 aliphatic rings. The van der Waals surface area contributed by atoms with Gasteiger partial charge in [0.25, 0.3) is 0 Å². The standard InChI is InChI=1S/C10H13BrN4O2/c1-16-8-3-6(5-14-15-10(12)13)7(11)4-9(8)17-2/h3-5H,1-2H3,(H4,12,13,15)/b14-5+. The van der Waals surface area contributed by atoms with Gasteiger partial charge in [-0.15, -0.1) is 5.10 Å². The minimum absolute atomic E-state index is 0.0992. The van der Waals surface area contributed by atoms with Crippen LogP contribution in [-0.2, 0) is 0 Å². The van der Waals surface area contributed by atoms with Crippen molar-refractivity contribution in [3.8, 4) is 11.5 Å². The number of hydrogen-bond donors (Lipinski definition) is 2. The zero-order chi connectivity index (χ0) is 12.8. The molecule has 0 aliphatic heterocycles. The molecule has 0 bridgehead atoms. The molecule has 0 fully saturated rings. The molecule has 6 nitrogen and oxygen atoms in total. The Labute approximate surface area is 107 Å². The van der Waals surface area contributed by atoms with Crippen molar-refractivity contribution in [1.82, 2.24) is 0 Å². The van der Waals surface area contributed by atoms with Gasteiger partial charge in [-0.05, 0) is 28.1 Å². The summed E-state index contributed by atoms with van der Waals surface area (Å²) >= 11 is 3.38. The zero-order valence-corrected chi connectivity index (χ0v) is 11.1. The highest BCUT2D eigenvalue weighted by Crippen LogP contribution is 2.32. The second-order valence-electron chi connectivity index (χ2n) is 3.00. The minimum Gasteiger partial charge on any atom is -0.493 e. The minimum atomic E-state index is -0.0992. The Morgan fingerprint density at radius 1 is 1.24 bits per heavy atom. The lowest BCUT2D eigenvalue weighted by Crippen LogP contribution is -2.21. The normalized spacial score (nSPS) is 10.3. The summed E-state index contributed by atoms with van der Waals surface area (Å²) in [7, 11) is 3.13. The fourth-order valence-corrected chi connectivity index (χ4v) is 1.55. The van der Waals surface area contributed by atoms with Gasteiger partial charge < -0.3 is 20.9 Å². The number of ether oxygens (including phenoxy) is 2. The summed E-state index contributed by atoms with van der Waals surface area (Å²) in [6.07, 6.45) is 1.51. The van der Waals surface area contributed by atoms with Crippen LogP contribution in [0, 0.1) is 0 Å². The third kappa shape index (κ3) is 3.63. The van der Waals surface area contributed by atoms with Crippen molar-refractivity contribution >= 4 is 28.1 Å². The van der Waals surface area contributed by atoms with E-state index in [1.807, 2.05) is 0 Å². The van der Waals surface area contributed by atoms with E-state index in [0.717, 1.165) is 10.0 Å². The van der Waals surface area contributed by atoms with Gasteiger partial charge in [0.1, 0.15) is 0 Å². The molecule has 1 aromatic rings. The first-order chi connectivity index (χ1) is 8.08. The maximum absolute atomic E-state index is 5.17. The smallest absolute Gasteiger partial charge is 0.211 e. The summed E-state index contributed by atoms with van der Waals surface area (Å²) in [6.45, 7) is 0. The summed E-state index contributed by atoms with van der Waals surface area (Å²) in [4.78, 5) is 0. The lowest BCUT2D eigenvalue weighted by molar-refractivity contribution is 0.354. The van der Waals surface area contributed by atoms with E-state index in [1.54, 1.807) is 26.4 Å². The maximum Gasteiger partial charge on any atom is 0.211 e. The summed E-state index contributed by atoms with van der Waals surface area (Å²) in [5, 5.41) is 7.23. The molecule has 0 spiro atoms. The topological polar surface area (TPSA) is 95.2 Å². The second kappa shape index (κ2) is 6.09. The molecular weight excluding hydrogens is 288 g/mol. The molecule has 0 aliphatic carbocycles. The van der Waals surface area contributed by atoms with Crippen molar-refractivity contribution in [3.63, 3.8) is 0 Å². The number of rotatable bonds is 4. The van der Waals surface area contributed by atoms with Crippen molar-refractivity contribution in [2.24, 2.45) is 21.7 Å². The highest BCUT2D eigenvalue weighted by Gasteiger charge is 2.07. The van der Waals surface area contributed by atoms with Crippen LogP contribution < -0.4 is 20.9 Å². The van der Waals surface area contributed by atoms with Crippen molar-refractivity contribution in [3.05, 3.63) is 22.2 Å². The first kappa shape index (κ1) is 13.3. The van der Waals surface area contributed by atoms with Crippen molar-refractivity contribution in [1.29, 1.82) is 0 Å². The molecule has 1 aromatic carbocycles. The molecule has 0 heterocycles. The number of nitrogens with two attached hydrogens (primary N) is 2. The second-order valence-corrected chi connectivity index (χ2v) is 3.85. The van der Waals surface area contributed by atoms with Crippen LogP contribution in [0.3, 0.4) is 0 Å². The van der Waals surface area contributed by atoms with Crippen LogP contribution in [0.1, 0.15) is 5.56 Å². The number of halogens is 1. The van der Waals surface area contributed by atoms with E-state index in [4.69, 9.17) is 20.9 Å². The number of nitrogens with zero attached hydrogens (tertiary/aromatic N) is 2. The van der Waals surface area contributed by atoms with E-state index >= 15 is 0 Å². The summed E-state index contributed by atoms with van der Waals surface area (Å²) < 4.78 is 11.1. The summed E-state index contributed by atoms with van der Waals surface area (Å²) in [6, 6.07) is 3.53. The molecule has 0 radical (unpaired) electrons. The Hall–Kier alpha value is -1.76. The molecule has 92 valence electrons. The third-order valence-corrected chi connectivity index (χ3v) is 2.56. The Morgan fingerprint density at radius 2 is 1.82 bits per heavy atom. The molecule has 0 saturated heterocycles. The lowest BCUT2D eigenvalue weighted by atomic mass is 10.2. The van der Waals surface area contributed by atoms with Gasteiger partial charge in [0.15, 0.2) is 11.5 Å². The van der Waals surface area contributed by atoms with Gasteiger partial charge in [0.2, 0.25) is 5.96 Å². The van der Waals surface area contributed by atoms with E-state index < -0.39 is 0 Å². The fraction of sp³-hybridized carbons (Fsp3) is 0.200. The summed E-state index contributed by atoms with van der Waals surface area (Å²) in [5.74, 6) is 1.12. The first-order valence-electron chi connectivity index (χ1n) is 4.62. The Morgan fingerprint density at radius 3 is 2.35 bits per heavy atom. The van der Waals surface area contributed by atoms with Crippen LogP contribution in [0.2, 0.25) is 0 Å². The van der Waals surface area contributed by atoms with Gasteiger partial charge in [0, 0.05) is 10.0 Å². The van der Waals surface area contributed by atoms with Crippen molar-refractivity contribution in [2.75, 3.05) is 14.2 Å². The van der Waals surface area contributed by atoms with Crippen LogP contribution in [0.25, 0.3) is 0 Å². The quantitative estimate of drug-likeness (QED) is 0.494. The predicted molar refractivity (Wildman–Crippen MR) is 70.6 cm³/mol. The molecule has 0 atom stereocenters. The molecule has 4 N–H and O–H groups in total. The zero-order valence-electron chi connectivity index (χ0n) is 9.48. The van der Waals surface area contributed by atoms with E-state index in [0.29, 0.717) is 11.5 Å². The van der Waals surface area contributed by atoms with E-state index in [1.165, 1.54) is 6.21 Å². The van der Waals surface area contributed by atoms with Gasteiger partial charge in [-0.3, -0.25) is 0 Å². The van der Waals surface area contributed by atoms with Gasteiger partial charge in [-0.1, -0.05) is 0 Å². The lowest BCUT2D eigenvalue weighted by Gasteiger charge is -2.09. The van der Waals surface area contributed by atoms with Crippen LogP contribution >= 0.6 is 15.9 Å². The van der Waals surface area contributed by atoms with Crippen LogP contribution in [0.4, 0.5) is 0 Å². The molecule has 0 unspecified atom stereocenters. The monoisotopic (exact) mass is 300 g/mol. The highest BCUT2D eigenvalue weighted by atomic mass is 79.9. The Bertz CT molecular complexity index is 456. The first-order valence-corrected chi connectivity index (χ1v) is 5.41. The third-order valence-electron chi connectivity index (χ3n) is 1.87. The average Bonchev–Trinajstić information content (AvgIpc) is 2.30. The van der Waals surface area contributed by atoms with Gasteiger partial charge in [-0.2, -0.15) is 5.10 Å². The molecular formula is C10H13BrN4O2. The molecule has 0 aromatic heterocycles. The van der Waals surface area contributed by atoms with E-state index in [9.17, 15) is 0 Å². The van der Waals surface area contributed by atoms with Crippen LogP contribution in [0.15, 0.2) is 26.8 Å². The largest absolute Gasteiger partial charge is 0.493 e. The number of guanidine groups is 1. The van der Waals surface area contributed by atoms with Crippen LogP contribution in [-0.4, -0.2) is 26.4 Å². The summed E-state index contributed by atoms with van der Waals surface area (Å²) in [5.41, 5.74) is 11.1. The molecule has 0 saturated carbocycles. The molecule has 0 amide bonds. The van der Waals surface area contributed by atoms with Crippen molar-refractivity contribution < 1.29 is 9.47 Å². The SMILES string of the molecule is COc1cc(Br)c(/C=N/N=C(N)N)cc1OC. The van der Waals surface area contributed by atoms with E-state index in [2.05, 4.69) is 26.1 Å². The Kier molecular flexibility index (Phi) is 4.77. The Balaban J connectivity index is 3.09. The molecule has 1 rings (SSSR count). The highest BCUT2D eigenvalue weighted by molar-refractivity contribution is 9.10. The maximum atomic E-state index is 5.17.